The van der Waals surface area contributed by atoms with E-state index < -0.39 is 9.84 Å². The number of carbonyl (C=O) groups excluding carboxylic acids is 1. The number of hydrogen-bond acceptors (Lipinski definition) is 4. The molecule has 3 rings (SSSR count). The summed E-state index contributed by atoms with van der Waals surface area (Å²) >= 11 is 6.17. The zero-order chi connectivity index (χ0) is 18.0. The summed E-state index contributed by atoms with van der Waals surface area (Å²) in [6, 6.07) is 10.3. The van der Waals surface area contributed by atoms with E-state index in [0.29, 0.717) is 29.3 Å². The maximum Gasteiger partial charge on any atom is 0.289 e. The van der Waals surface area contributed by atoms with Crippen LogP contribution in [0, 0.1) is 0 Å². The molecule has 1 aromatic heterocycles. The molecule has 0 spiro atoms. The minimum atomic E-state index is -3.06. The van der Waals surface area contributed by atoms with Gasteiger partial charge in [0, 0.05) is 18.2 Å². The van der Waals surface area contributed by atoms with Crippen LogP contribution in [-0.2, 0) is 9.84 Å². The molecule has 0 bridgehead atoms. The standard InChI is InChI=1S/C18H20ClNO4S/c1-2-10-20(13-9-11-25(22,23)12-13)18(21)17-8-7-16(24-17)14-5-3-4-6-15(14)19/h3-8,13H,2,9-12H2,1H3/t13-/m1/s1. The molecule has 7 heteroatoms. The molecule has 1 saturated heterocycles. The Bertz CT molecular complexity index is 875. The van der Waals surface area contributed by atoms with E-state index in [-0.39, 0.29) is 29.2 Å². The molecule has 2 heterocycles. The van der Waals surface area contributed by atoms with Crippen molar-refractivity contribution in [3.05, 3.63) is 47.2 Å². The SMILES string of the molecule is CCCN(C(=O)c1ccc(-c2ccccc2Cl)o1)[C@@H]1CCS(=O)(=O)C1. The van der Waals surface area contributed by atoms with Crippen molar-refractivity contribution in [1.82, 2.24) is 4.90 Å². The quantitative estimate of drug-likeness (QED) is 0.792. The number of rotatable bonds is 5. The number of sulfone groups is 1. The Kier molecular flexibility index (Phi) is 5.20. The molecule has 1 fully saturated rings. The molecule has 0 radical (unpaired) electrons. The molecule has 1 atom stereocenters. The largest absolute Gasteiger partial charge is 0.451 e. The Labute approximate surface area is 152 Å². The van der Waals surface area contributed by atoms with E-state index in [4.69, 9.17) is 16.0 Å². The van der Waals surface area contributed by atoms with E-state index >= 15 is 0 Å². The Morgan fingerprint density at radius 3 is 2.68 bits per heavy atom. The number of benzene rings is 1. The average molecular weight is 382 g/mol. The summed E-state index contributed by atoms with van der Waals surface area (Å²) in [5.74, 6) is 0.602. The summed E-state index contributed by atoms with van der Waals surface area (Å²) < 4.78 is 29.2. The van der Waals surface area contributed by atoms with Crippen molar-refractivity contribution < 1.29 is 17.6 Å². The van der Waals surface area contributed by atoms with Crippen LogP contribution in [0.2, 0.25) is 5.02 Å². The van der Waals surface area contributed by atoms with Gasteiger partial charge < -0.3 is 9.32 Å². The normalized spacial score (nSPS) is 19.0. The number of nitrogens with zero attached hydrogens (tertiary/aromatic N) is 1. The third-order valence-electron chi connectivity index (χ3n) is 4.33. The highest BCUT2D eigenvalue weighted by atomic mass is 35.5. The van der Waals surface area contributed by atoms with Gasteiger partial charge in [0.15, 0.2) is 15.6 Å². The second-order valence-electron chi connectivity index (χ2n) is 6.20. The number of furan rings is 1. The van der Waals surface area contributed by atoms with Gasteiger partial charge in [-0.1, -0.05) is 30.7 Å². The molecule has 2 aromatic rings. The average Bonchev–Trinajstić information content (AvgIpc) is 3.19. The van der Waals surface area contributed by atoms with Gasteiger partial charge >= 0.3 is 0 Å². The van der Waals surface area contributed by atoms with Crippen molar-refractivity contribution in [2.75, 3.05) is 18.1 Å². The van der Waals surface area contributed by atoms with Crippen LogP contribution in [0.15, 0.2) is 40.8 Å². The van der Waals surface area contributed by atoms with Crippen molar-refractivity contribution in [1.29, 1.82) is 0 Å². The Morgan fingerprint density at radius 2 is 2.04 bits per heavy atom. The predicted octanol–water partition coefficient (Wildman–Crippen LogP) is 3.64. The smallest absolute Gasteiger partial charge is 0.289 e. The number of carbonyl (C=O) groups is 1. The van der Waals surface area contributed by atoms with Crippen LogP contribution in [0.25, 0.3) is 11.3 Å². The van der Waals surface area contributed by atoms with Gasteiger partial charge in [0.1, 0.15) is 5.76 Å². The monoisotopic (exact) mass is 381 g/mol. The predicted molar refractivity (Wildman–Crippen MR) is 97.5 cm³/mol. The van der Waals surface area contributed by atoms with Crippen molar-refractivity contribution in [2.45, 2.75) is 25.8 Å². The van der Waals surface area contributed by atoms with E-state index in [1.54, 1.807) is 23.1 Å². The van der Waals surface area contributed by atoms with Crippen molar-refractivity contribution >= 4 is 27.3 Å². The lowest BCUT2D eigenvalue weighted by Gasteiger charge is -2.26. The lowest BCUT2D eigenvalue weighted by Crippen LogP contribution is -2.41. The molecule has 0 saturated carbocycles. The van der Waals surface area contributed by atoms with E-state index in [2.05, 4.69) is 0 Å². The summed E-state index contributed by atoms with van der Waals surface area (Å²) in [6.45, 7) is 2.46. The topological polar surface area (TPSA) is 67.6 Å². The summed E-state index contributed by atoms with van der Waals surface area (Å²) in [5.41, 5.74) is 0.716. The van der Waals surface area contributed by atoms with Gasteiger partial charge in [-0.05, 0) is 37.1 Å². The molecule has 1 aliphatic rings. The maximum atomic E-state index is 12.9. The molecular formula is C18H20ClNO4S. The molecule has 134 valence electrons. The molecule has 25 heavy (non-hydrogen) atoms. The molecule has 0 unspecified atom stereocenters. The first-order valence-corrected chi connectivity index (χ1v) is 10.5. The van der Waals surface area contributed by atoms with Gasteiger partial charge in [0.25, 0.3) is 5.91 Å². The van der Waals surface area contributed by atoms with Crippen LogP contribution in [0.3, 0.4) is 0 Å². The molecule has 1 aliphatic heterocycles. The van der Waals surface area contributed by atoms with Crippen LogP contribution in [-0.4, -0.2) is 43.3 Å². The van der Waals surface area contributed by atoms with Crippen molar-refractivity contribution in [3.8, 4) is 11.3 Å². The molecule has 1 amide bonds. The minimum Gasteiger partial charge on any atom is -0.451 e. The fourth-order valence-electron chi connectivity index (χ4n) is 3.11. The Morgan fingerprint density at radius 1 is 1.28 bits per heavy atom. The van der Waals surface area contributed by atoms with Gasteiger partial charge in [-0.2, -0.15) is 0 Å². The first kappa shape index (κ1) is 18.0. The summed E-state index contributed by atoms with van der Waals surface area (Å²) in [5, 5.41) is 0.545. The number of hydrogen-bond donors (Lipinski definition) is 0. The minimum absolute atomic E-state index is 0.0246. The van der Waals surface area contributed by atoms with Crippen molar-refractivity contribution in [2.24, 2.45) is 0 Å². The number of halogens is 1. The number of amides is 1. The maximum absolute atomic E-state index is 12.9. The lowest BCUT2D eigenvalue weighted by atomic mass is 10.2. The Balaban J connectivity index is 1.85. The molecule has 1 aromatic carbocycles. The van der Waals surface area contributed by atoms with Crippen molar-refractivity contribution in [3.63, 3.8) is 0 Å². The van der Waals surface area contributed by atoms with Crippen LogP contribution >= 0.6 is 11.6 Å². The van der Waals surface area contributed by atoms with E-state index in [9.17, 15) is 13.2 Å². The fourth-order valence-corrected chi connectivity index (χ4v) is 5.07. The first-order chi connectivity index (χ1) is 11.9. The molecule has 5 nitrogen and oxygen atoms in total. The highest BCUT2D eigenvalue weighted by Gasteiger charge is 2.35. The van der Waals surface area contributed by atoms with Gasteiger partial charge in [-0.3, -0.25) is 4.79 Å². The fraction of sp³-hybridized carbons (Fsp3) is 0.389. The zero-order valence-electron chi connectivity index (χ0n) is 13.9. The zero-order valence-corrected chi connectivity index (χ0v) is 15.5. The van der Waals surface area contributed by atoms with Crippen LogP contribution in [0.4, 0.5) is 0 Å². The lowest BCUT2D eigenvalue weighted by molar-refractivity contribution is 0.0665. The third-order valence-corrected chi connectivity index (χ3v) is 6.41. The van der Waals surface area contributed by atoms with Crippen LogP contribution < -0.4 is 0 Å². The van der Waals surface area contributed by atoms with Gasteiger partial charge in [0.2, 0.25) is 0 Å². The Hall–Kier alpha value is -1.79. The first-order valence-electron chi connectivity index (χ1n) is 8.27. The molecular weight excluding hydrogens is 362 g/mol. The second-order valence-corrected chi connectivity index (χ2v) is 8.84. The van der Waals surface area contributed by atoms with Gasteiger partial charge in [-0.25, -0.2) is 8.42 Å². The summed E-state index contributed by atoms with van der Waals surface area (Å²) in [4.78, 5) is 14.5. The molecule has 0 aliphatic carbocycles. The third kappa shape index (κ3) is 3.90. The molecule has 0 N–H and O–H groups in total. The van der Waals surface area contributed by atoms with E-state index in [1.807, 2.05) is 25.1 Å². The highest BCUT2D eigenvalue weighted by molar-refractivity contribution is 7.91. The van der Waals surface area contributed by atoms with Gasteiger partial charge in [0.05, 0.1) is 16.5 Å². The van der Waals surface area contributed by atoms with Crippen LogP contribution in [0.5, 0.6) is 0 Å². The van der Waals surface area contributed by atoms with E-state index in [0.717, 1.165) is 6.42 Å². The summed E-state index contributed by atoms with van der Waals surface area (Å²) in [6.07, 6.45) is 1.23. The van der Waals surface area contributed by atoms with Gasteiger partial charge in [-0.15, -0.1) is 0 Å². The van der Waals surface area contributed by atoms with Crippen LogP contribution in [0.1, 0.15) is 30.3 Å². The van der Waals surface area contributed by atoms with E-state index in [1.165, 1.54) is 0 Å². The summed E-state index contributed by atoms with van der Waals surface area (Å²) in [7, 11) is -3.06. The second kappa shape index (κ2) is 7.22. The highest BCUT2D eigenvalue weighted by Crippen LogP contribution is 2.30.